The lowest BCUT2D eigenvalue weighted by atomic mass is 10.0. The van der Waals surface area contributed by atoms with Gasteiger partial charge >= 0.3 is 12.0 Å². The summed E-state index contributed by atoms with van der Waals surface area (Å²) in [6.07, 6.45) is 0. The average Bonchev–Trinajstić information content (AvgIpc) is 2.98. The summed E-state index contributed by atoms with van der Waals surface area (Å²) < 4.78 is 5.82. The van der Waals surface area contributed by atoms with Gasteiger partial charge in [0, 0.05) is 12.7 Å². The normalized spacial score (nSPS) is 12.3. The fourth-order valence-corrected chi connectivity index (χ4v) is 2.53. The first-order valence-electron chi connectivity index (χ1n) is 7.81. The zero-order valence-corrected chi connectivity index (χ0v) is 14.2. The van der Waals surface area contributed by atoms with Crippen LogP contribution in [0.4, 0.5) is 11.7 Å². The zero-order chi connectivity index (χ0) is 17.4. The number of carboxylic acid groups (broad SMARTS) is 1. The number of nitrogens with zero attached hydrogens (tertiary/aromatic N) is 2. The van der Waals surface area contributed by atoms with Crippen LogP contribution in [0, 0.1) is 13.8 Å². The van der Waals surface area contributed by atoms with Crippen LogP contribution in [0.3, 0.4) is 0 Å². The van der Waals surface area contributed by atoms with E-state index in [1.54, 1.807) is 25.1 Å². The van der Waals surface area contributed by atoms with Crippen LogP contribution in [0.15, 0.2) is 40.8 Å². The second-order valence-corrected chi connectivity index (χ2v) is 6.11. The Bertz CT molecular complexity index is 914. The van der Waals surface area contributed by atoms with E-state index in [0.29, 0.717) is 22.7 Å². The van der Waals surface area contributed by atoms with Gasteiger partial charge in [-0.3, -0.25) is 9.69 Å². The summed E-state index contributed by atoms with van der Waals surface area (Å²) in [5, 5.41) is 9.15. The largest absolute Gasteiger partial charge is 0.481 e. The quantitative estimate of drug-likeness (QED) is 0.770. The number of carboxylic acids is 1. The minimum absolute atomic E-state index is 0.480. The molecule has 0 aliphatic rings. The zero-order valence-electron chi connectivity index (χ0n) is 14.2. The Labute approximate surface area is 140 Å². The first-order chi connectivity index (χ1) is 11.4. The lowest BCUT2D eigenvalue weighted by Crippen LogP contribution is -2.10. The van der Waals surface area contributed by atoms with E-state index < -0.39 is 11.9 Å². The molecule has 0 aliphatic carbocycles. The number of fused-ring (bicyclic) bond motifs is 1. The number of aromatic nitrogens is 1. The van der Waals surface area contributed by atoms with Crippen LogP contribution >= 0.6 is 0 Å². The van der Waals surface area contributed by atoms with Crippen molar-refractivity contribution in [2.24, 2.45) is 0 Å². The van der Waals surface area contributed by atoms with Crippen LogP contribution in [0.1, 0.15) is 29.5 Å². The van der Waals surface area contributed by atoms with Gasteiger partial charge in [-0.2, -0.15) is 4.98 Å². The third-order valence-corrected chi connectivity index (χ3v) is 4.44. The first kappa shape index (κ1) is 16.1. The highest BCUT2D eigenvalue weighted by atomic mass is 16.4. The Morgan fingerprint density at radius 3 is 2.58 bits per heavy atom. The Balaban J connectivity index is 1.97. The molecule has 1 aromatic heterocycles. The van der Waals surface area contributed by atoms with Gasteiger partial charge in [0.1, 0.15) is 5.52 Å². The van der Waals surface area contributed by atoms with E-state index in [2.05, 4.69) is 31.0 Å². The van der Waals surface area contributed by atoms with Crippen molar-refractivity contribution in [1.82, 2.24) is 4.98 Å². The lowest BCUT2D eigenvalue weighted by Gasteiger charge is -2.15. The van der Waals surface area contributed by atoms with E-state index in [4.69, 9.17) is 9.52 Å². The maximum absolute atomic E-state index is 11.1. The summed E-state index contributed by atoms with van der Waals surface area (Å²) in [6, 6.07) is 12.0. The summed E-state index contributed by atoms with van der Waals surface area (Å²) in [7, 11) is 1.90. The maximum atomic E-state index is 11.1. The molecule has 124 valence electrons. The molecule has 2 aromatic carbocycles. The van der Waals surface area contributed by atoms with Crippen LogP contribution in [0.25, 0.3) is 11.1 Å². The van der Waals surface area contributed by atoms with Crippen LogP contribution in [-0.4, -0.2) is 23.1 Å². The van der Waals surface area contributed by atoms with Crippen molar-refractivity contribution in [3.63, 3.8) is 0 Å². The van der Waals surface area contributed by atoms with Gasteiger partial charge < -0.3 is 9.52 Å². The van der Waals surface area contributed by atoms with Gasteiger partial charge in [-0.15, -0.1) is 0 Å². The molecular weight excluding hydrogens is 304 g/mol. The molecule has 1 N–H and O–H groups in total. The average molecular weight is 324 g/mol. The predicted molar refractivity (Wildman–Crippen MR) is 94.0 cm³/mol. The number of oxazole rings is 1. The third kappa shape index (κ3) is 2.85. The molecule has 3 rings (SSSR count). The molecule has 0 saturated carbocycles. The molecule has 5 heteroatoms. The van der Waals surface area contributed by atoms with E-state index >= 15 is 0 Å². The fourth-order valence-electron chi connectivity index (χ4n) is 2.53. The van der Waals surface area contributed by atoms with Crippen molar-refractivity contribution >= 4 is 28.8 Å². The molecule has 0 fully saturated rings. The Morgan fingerprint density at radius 2 is 1.92 bits per heavy atom. The molecular formula is C19H20N2O3. The van der Waals surface area contributed by atoms with Gasteiger partial charge in [-0.1, -0.05) is 12.1 Å². The molecule has 1 atom stereocenters. The maximum Gasteiger partial charge on any atom is 0.310 e. The van der Waals surface area contributed by atoms with Crippen molar-refractivity contribution < 1.29 is 14.3 Å². The first-order valence-corrected chi connectivity index (χ1v) is 7.81. The molecule has 0 spiro atoms. The van der Waals surface area contributed by atoms with E-state index in [-0.39, 0.29) is 0 Å². The van der Waals surface area contributed by atoms with E-state index in [0.717, 1.165) is 5.69 Å². The lowest BCUT2D eigenvalue weighted by molar-refractivity contribution is -0.138. The standard InChI is InChI=1S/C19H20N2O3/c1-11-5-7-15(9-12(11)2)21(4)19-20-16-10-14(13(3)18(22)23)6-8-17(16)24-19/h5-10,13H,1-4H3,(H,22,23). The Kier molecular flexibility index (Phi) is 4.01. The molecule has 0 bridgehead atoms. The topological polar surface area (TPSA) is 66.6 Å². The number of aryl methyl sites for hydroxylation is 2. The minimum Gasteiger partial charge on any atom is -0.481 e. The highest BCUT2D eigenvalue weighted by Crippen LogP contribution is 2.29. The number of rotatable bonds is 4. The van der Waals surface area contributed by atoms with Gasteiger partial charge in [0.05, 0.1) is 5.92 Å². The van der Waals surface area contributed by atoms with Crippen molar-refractivity contribution in [3.05, 3.63) is 53.1 Å². The molecule has 0 radical (unpaired) electrons. The van der Waals surface area contributed by atoms with Crippen LogP contribution < -0.4 is 4.90 Å². The molecule has 3 aromatic rings. The summed E-state index contributed by atoms with van der Waals surface area (Å²) in [5.74, 6) is -1.43. The molecule has 1 unspecified atom stereocenters. The second-order valence-electron chi connectivity index (χ2n) is 6.11. The SMILES string of the molecule is Cc1ccc(N(C)c2nc3cc(C(C)C(=O)O)ccc3o2)cc1C. The molecule has 0 saturated heterocycles. The molecule has 0 aliphatic heterocycles. The highest BCUT2D eigenvalue weighted by molar-refractivity contribution is 5.81. The van der Waals surface area contributed by atoms with Crippen molar-refractivity contribution in [3.8, 4) is 0 Å². The summed E-state index contributed by atoms with van der Waals surface area (Å²) >= 11 is 0. The van der Waals surface area contributed by atoms with Crippen molar-refractivity contribution in [2.45, 2.75) is 26.7 Å². The summed E-state index contributed by atoms with van der Waals surface area (Å²) in [4.78, 5) is 17.5. The predicted octanol–water partition coefficient (Wildman–Crippen LogP) is 4.40. The van der Waals surface area contributed by atoms with Crippen LogP contribution in [-0.2, 0) is 4.79 Å². The minimum atomic E-state index is -0.856. The molecule has 5 nitrogen and oxygen atoms in total. The highest BCUT2D eigenvalue weighted by Gasteiger charge is 2.17. The fraction of sp³-hybridized carbons (Fsp3) is 0.263. The van der Waals surface area contributed by atoms with Crippen molar-refractivity contribution in [1.29, 1.82) is 0 Å². The van der Waals surface area contributed by atoms with Gasteiger partial charge in [0.15, 0.2) is 5.58 Å². The van der Waals surface area contributed by atoms with E-state index in [9.17, 15) is 4.79 Å². The number of anilines is 2. The van der Waals surface area contributed by atoms with Gasteiger partial charge in [-0.25, -0.2) is 0 Å². The summed E-state index contributed by atoms with van der Waals surface area (Å²) in [5.41, 5.74) is 5.44. The monoisotopic (exact) mass is 324 g/mol. The number of hydrogen-bond donors (Lipinski definition) is 1. The number of aliphatic carboxylic acids is 1. The summed E-state index contributed by atoms with van der Waals surface area (Å²) in [6.45, 7) is 5.80. The van der Waals surface area contributed by atoms with Crippen molar-refractivity contribution in [2.75, 3.05) is 11.9 Å². The van der Waals surface area contributed by atoms with E-state index in [1.165, 1.54) is 11.1 Å². The van der Waals surface area contributed by atoms with Gasteiger partial charge in [-0.05, 0) is 61.7 Å². The molecule has 24 heavy (non-hydrogen) atoms. The number of benzene rings is 2. The molecule has 1 heterocycles. The Hall–Kier alpha value is -2.82. The van der Waals surface area contributed by atoms with Gasteiger partial charge in [0.25, 0.3) is 0 Å². The molecule has 0 amide bonds. The number of carbonyl (C=O) groups is 1. The third-order valence-electron chi connectivity index (χ3n) is 4.44. The smallest absolute Gasteiger partial charge is 0.310 e. The van der Waals surface area contributed by atoms with Crippen LogP contribution in [0.5, 0.6) is 0 Å². The second kappa shape index (κ2) is 6.00. The van der Waals surface area contributed by atoms with Gasteiger partial charge in [0.2, 0.25) is 0 Å². The van der Waals surface area contributed by atoms with E-state index in [1.807, 2.05) is 18.0 Å². The van der Waals surface area contributed by atoms with Crippen LogP contribution in [0.2, 0.25) is 0 Å². The number of hydrogen-bond acceptors (Lipinski definition) is 4. The Morgan fingerprint density at radius 1 is 1.17 bits per heavy atom.